The van der Waals surface area contributed by atoms with Crippen molar-refractivity contribution in [2.24, 2.45) is 9.98 Å². The highest BCUT2D eigenvalue weighted by Crippen LogP contribution is 2.29. The van der Waals surface area contributed by atoms with Gasteiger partial charge < -0.3 is 14.6 Å². The number of nitrogens with zero attached hydrogens (tertiary/aromatic N) is 2. The third-order valence-electron chi connectivity index (χ3n) is 4.52. The topological polar surface area (TPSA) is 97.5 Å². The second-order valence-corrected chi connectivity index (χ2v) is 6.66. The minimum Gasteiger partial charge on any atom is -0.508 e. The van der Waals surface area contributed by atoms with Crippen LogP contribution in [0, 0.1) is 0 Å². The summed E-state index contributed by atoms with van der Waals surface area (Å²) in [5, 5.41) is 11.7. The minimum absolute atomic E-state index is 0.0356. The van der Waals surface area contributed by atoms with E-state index in [4.69, 9.17) is 9.47 Å². The summed E-state index contributed by atoms with van der Waals surface area (Å²) < 4.78 is 10.3. The Morgan fingerprint density at radius 3 is 2.28 bits per heavy atom. The summed E-state index contributed by atoms with van der Waals surface area (Å²) in [6, 6.07) is 12.0. The quantitative estimate of drug-likeness (QED) is 0.519. The van der Waals surface area contributed by atoms with Crippen LogP contribution < -0.4 is 10.7 Å². The van der Waals surface area contributed by atoms with Gasteiger partial charge in [0.1, 0.15) is 5.75 Å². The van der Waals surface area contributed by atoms with E-state index in [0.29, 0.717) is 30.6 Å². The smallest absolute Gasteiger partial charge is 0.338 e. The molecular formula is C22H24N2O5. The Hall–Kier alpha value is -3.22. The lowest BCUT2D eigenvalue weighted by Gasteiger charge is -2.10. The molecule has 0 saturated carbocycles. The molecule has 29 heavy (non-hydrogen) atoms. The van der Waals surface area contributed by atoms with Crippen LogP contribution in [0.25, 0.3) is 0 Å². The highest BCUT2D eigenvalue weighted by molar-refractivity contribution is 5.89. The van der Waals surface area contributed by atoms with Gasteiger partial charge in [-0.2, -0.15) is 0 Å². The normalized spacial score (nSPS) is 12.6. The molecular weight excluding hydrogens is 372 g/mol. The molecule has 7 heteroatoms. The number of para-hydroxylation sites is 2. The Kier molecular flexibility index (Phi) is 6.94. The molecule has 0 radical (unpaired) electrons. The SMILES string of the molecule is CCC(=O)OCCCCCOC(=O)c1ccc(O)c(C2N=c3ccccc3=N2)c1. The van der Waals surface area contributed by atoms with Gasteiger partial charge in [0.25, 0.3) is 0 Å². The second kappa shape index (κ2) is 9.82. The molecule has 1 heterocycles. The molecule has 7 nitrogen and oxygen atoms in total. The maximum absolute atomic E-state index is 12.3. The number of unbranched alkanes of at least 4 members (excludes halogenated alkanes) is 2. The molecule has 0 bridgehead atoms. The molecule has 2 aromatic rings. The second-order valence-electron chi connectivity index (χ2n) is 6.66. The maximum Gasteiger partial charge on any atom is 0.338 e. The van der Waals surface area contributed by atoms with Crippen LogP contribution in [0.4, 0.5) is 0 Å². The van der Waals surface area contributed by atoms with Crippen molar-refractivity contribution in [3.05, 3.63) is 64.3 Å². The molecule has 2 aromatic carbocycles. The predicted octanol–water partition coefficient (Wildman–Crippen LogP) is 2.62. The average molecular weight is 396 g/mol. The zero-order chi connectivity index (χ0) is 20.6. The van der Waals surface area contributed by atoms with Crippen LogP contribution in [-0.4, -0.2) is 30.3 Å². The van der Waals surface area contributed by atoms with Crippen molar-refractivity contribution < 1.29 is 24.2 Å². The number of carbonyl (C=O) groups is 2. The summed E-state index contributed by atoms with van der Waals surface area (Å²) in [5.74, 6) is -0.629. The van der Waals surface area contributed by atoms with E-state index in [1.165, 1.54) is 12.1 Å². The zero-order valence-electron chi connectivity index (χ0n) is 16.3. The van der Waals surface area contributed by atoms with Crippen molar-refractivity contribution in [2.75, 3.05) is 13.2 Å². The molecule has 1 aliphatic rings. The highest BCUT2D eigenvalue weighted by atomic mass is 16.5. The third-order valence-corrected chi connectivity index (χ3v) is 4.52. The van der Waals surface area contributed by atoms with Crippen LogP contribution in [0.15, 0.2) is 52.4 Å². The number of benzene rings is 2. The molecule has 0 unspecified atom stereocenters. The number of hydrogen-bond acceptors (Lipinski definition) is 7. The molecule has 152 valence electrons. The number of esters is 2. The van der Waals surface area contributed by atoms with Crippen LogP contribution >= 0.6 is 0 Å². The fraction of sp³-hybridized carbons (Fsp3) is 0.364. The van der Waals surface area contributed by atoms with Gasteiger partial charge in [0.2, 0.25) is 0 Å². The zero-order valence-corrected chi connectivity index (χ0v) is 16.3. The molecule has 1 N–H and O–H groups in total. The Morgan fingerprint density at radius 2 is 1.62 bits per heavy atom. The number of phenolic OH excluding ortho intramolecular Hbond substituents is 1. The monoisotopic (exact) mass is 396 g/mol. The van der Waals surface area contributed by atoms with Gasteiger partial charge in [-0.3, -0.25) is 14.8 Å². The van der Waals surface area contributed by atoms with Gasteiger partial charge >= 0.3 is 11.9 Å². The summed E-state index contributed by atoms with van der Waals surface area (Å²) in [7, 11) is 0. The first-order valence-corrected chi connectivity index (χ1v) is 9.75. The van der Waals surface area contributed by atoms with Gasteiger partial charge in [0, 0.05) is 12.0 Å². The third kappa shape index (κ3) is 5.40. The van der Waals surface area contributed by atoms with Crippen molar-refractivity contribution in [3.8, 4) is 5.75 Å². The highest BCUT2D eigenvalue weighted by Gasteiger charge is 2.19. The molecule has 0 amide bonds. The Morgan fingerprint density at radius 1 is 0.966 bits per heavy atom. The minimum atomic E-state index is -0.578. The van der Waals surface area contributed by atoms with E-state index >= 15 is 0 Å². The van der Waals surface area contributed by atoms with E-state index in [0.717, 1.165) is 23.6 Å². The standard InChI is InChI=1S/C22H24N2O5/c1-2-20(26)28-12-6-3-7-13-29-22(27)15-10-11-19(25)16(14-15)21-23-17-8-4-5-9-18(17)24-21/h4-5,8-11,14,21,25H,2-3,6-7,12-13H2,1H3. The van der Waals surface area contributed by atoms with Crippen LogP contribution in [0.1, 0.15) is 54.7 Å². The number of carbonyl (C=O) groups excluding carboxylic acids is 2. The first-order chi connectivity index (χ1) is 14.1. The number of phenols is 1. The van der Waals surface area contributed by atoms with E-state index in [1.807, 2.05) is 24.3 Å². The van der Waals surface area contributed by atoms with Crippen LogP contribution in [0.3, 0.4) is 0 Å². The summed E-state index contributed by atoms with van der Waals surface area (Å²) in [6.07, 6.45) is 2.01. The Balaban J connectivity index is 1.53. The number of hydrogen-bond donors (Lipinski definition) is 1. The van der Waals surface area contributed by atoms with Crippen LogP contribution in [0.2, 0.25) is 0 Å². The first kappa shape index (κ1) is 20.5. The maximum atomic E-state index is 12.3. The van der Waals surface area contributed by atoms with Crippen molar-refractivity contribution in [2.45, 2.75) is 38.8 Å². The van der Waals surface area contributed by atoms with Gasteiger partial charge in [-0.05, 0) is 49.6 Å². The number of rotatable bonds is 9. The molecule has 0 aliphatic carbocycles. The largest absolute Gasteiger partial charge is 0.508 e. The van der Waals surface area contributed by atoms with Crippen molar-refractivity contribution in [1.82, 2.24) is 0 Å². The van der Waals surface area contributed by atoms with E-state index in [-0.39, 0.29) is 18.3 Å². The molecule has 3 rings (SSSR count). The van der Waals surface area contributed by atoms with Crippen molar-refractivity contribution in [3.63, 3.8) is 0 Å². The summed E-state index contributed by atoms with van der Waals surface area (Å²) in [5.41, 5.74) is 0.810. The van der Waals surface area contributed by atoms with Crippen LogP contribution in [-0.2, 0) is 14.3 Å². The predicted molar refractivity (Wildman–Crippen MR) is 105 cm³/mol. The lowest BCUT2D eigenvalue weighted by molar-refractivity contribution is -0.143. The van der Waals surface area contributed by atoms with Crippen molar-refractivity contribution in [1.29, 1.82) is 0 Å². The van der Waals surface area contributed by atoms with Crippen LogP contribution in [0.5, 0.6) is 5.75 Å². The lowest BCUT2D eigenvalue weighted by Crippen LogP contribution is -2.19. The molecule has 0 aromatic heterocycles. The van der Waals surface area contributed by atoms with Crippen molar-refractivity contribution >= 4 is 11.9 Å². The lowest BCUT2D eigenvalue weighted by atomic mass is 10.1. The number of ether oxygens (including phenoxy) is 2. The molecule has 0 spiro atoms. The Bertz CT molecular complexity index is 968. The number of fused-ring (bicyclic) bond motifs is 1. The van der Waals surface area contributed by atoms with Gasteiger partial charge in [0.15, 0.2) is 6.17 Å². The van der Waals surface area contributed by atoms with Gasteiger partial charge in [-0.1, -0.05) is 19.1 Å². The van der Waals surface area contributed by atoms with Gasteiger partial charge in [-0.25, -0.2) is 4.79 Å². The van der Waals surface area contributed by atoms with E-state index in [2.05, 4.69) is 9.98 Å². The van der Waals surface area contributed by atoms with Gasteiger partial charge in [-0.15, -0.1) is 0 Å². The van der Waals surface area contributed by atoms with E-state index < -0.39 is 12.1 Å². The summed E-state index contributed by atoms with van der Waals surface area (Å²) in [4.78, 5) is 32.3. The molecule has 0 saturated heterocycles. The van der Waals surface area contributed by atoms with E-state index in [9.17, 15) is 14.7 Å². The van der Waals surface area contributed by atoms with E-state index in [1.54, 1.807) is 13.0 Å². The number of aromatic hydroxyl groups is 1. The molecule has 0 fully saturated rings. The molecule has 0 atom stereocenters. The fourth-order valence-corrected chi connectivity index (χ4v) is 2.92. The Labute approximate surface area is 168 Å². The first-order valence-electron chi connectivity index (χ1n) is 9.75. The average Bonchev–Trinajstić information content (AvgIpc) is 3.17. The molecule has 1 aliphatic heterocycles. The van der Waals surface area contributed by atoms with Gasteiger partial charge in [0.05, 0.1) is 29.5 Å². The fourth-order valence-electron chi connectivity index (χ4n) is 2.92. The summed E-state index contributed by atoms with van der Waals surface area (Å²) >= 11 is 0. The summed E-state index contributed by atoms with van der Waals surface area (Å²) in [6.45, 7) is 2.42.